The first-order chi connectivity index (χ1) is 8.18. The molecule has 2 aromatic rings. The number of anilines is 1. The maximum absolute atomic E-state index is 5.89. The van der Waals surface area contributed by atoms with Crippen molar-refractivity contribution in [1.82, 2.24) is 15.2 Å². The summed E-state index contributed by atoms with van der Waals surface area (Å²) in [5.74, 6) is 0.760. The summed E-state index contributed by atoms with van der Waals surface area (Å²) in [7, 11) is 0. The third-order valence-electron chi connectivity index (χ3n) is 2.65. The Morgan fingerprint density at radius 1 is 1.24 bits per heavy atom. The van der Waals surface area contributed by atoms with E-state index in [2.05, 4.69) is 20.5 Å². The third kappa shape index (κ3) is 2.71. The molecule has 17 heavy (non-hydrogen) atoms. The van der Waals surface area contributed by atoms with E-state index < -0.39 is 0 Å². The Labute approximate surface area is 105 Å². The van der Waals surface area contributed by atoms with Gasteiger partial charge in [-0.25, -0.2) is 0 Å². The first-order valence-electron chi connectivity index (χ1n) is 5.30. The van der Waals surface area contributed by atoms with Crippen molar-refractivity contribution < 1.29 is 0 Å². The molecule has 0 amide bonds. The summed E-state index contributed by atoms with van der Waals surface area (Å²) in [6, 6.07) is 3.91. The van der Waals surface area contributed by atoms with Crippen molar-refractivity contribution in [3.8, 4) is 0 Å². The number of rotatable bonds is 3. The van der Waals surface area contributed by atoms with E-state index in [4.69, 9.17) is 11.6 Å². The Hall–Kier alpha value is -1.68. The molecule has 2 heterocycles. The van der Waals surface area contributed by atoms with Crippen molar-refractivity contribution in [3.05, 3.63) is 46.4 Å². The Morgan fingerprint density at radius 2 is 2.06 bits per heavy atom. The van der Waals surface area contributed by atoms with Gasteiger partial charge in [0, 0.05) is 18.9 Å². The smallest absolute Gasteiger partial charge is 0.155 e. The van der Waals surface area contributed by atoms with Gasteiger partial charge in [-0.2, -0.15) is 0 Å². The lowest BCUT2D eigenvalue weighted by molar-refractivity contribution is 0.968. The molecule has 1 N–H and O–H groups in total. The molecule has 2 rings (SSSR count). The maximum Gasteiger partial charge on any atom is 0.155 e. The minimum Gasteiger partial charge on any atom is -0.364 e. The predicted octanol–water partition coefficient (Wildman–Crippen LogP) is 2.75. The summed E-state index contributed by atoms with van der Waals surface area (Å²) in [5.41, 5.74) is 3.07. The minimum absolute atomic E-state index is 0.453. The molecule has 0 saturated heterocycles. The molecule has 0 aliphatic carbocycles. The van der Waals surface area contributed by atoms with E-state index in [1.165, 1.54) is 0 Å². The summed E-state index contributed by atoms with van der Waals surface area (Å²) >= 11 is 5.89. The van der Waals surface area contributed by atoms with Crippen LogP contribution in [0.15, 0.2) is 24.5 Å². The van der Waals surface area contributed by atoms with Gasteiger partial charge in [-0.1, -0.05) is 17.7 Å². The standard InChI is InChI=1S/C12H13ClN4/c1-8-9(2)12(17-16-11(8)13)15-7-10-4-3-5-14-6-10/h3-6H,7H2,1-2H3,(H,15,17). The van der Waals surface area contributed by atoms with Gasteiger partial charge in [0.25, 0.3) is 0 Å². The number of hydrogen-bond donors (Lipinski definition) is 1. The molecule has 0 aliphatic rings. The first-order valence-corrected chi connectivity index (χ1v) is 5.68. The molecule has 0 spiro atoms. The van der Waals surface area contributed by atoms with Crippen molar-refractivity contribution in [2.45, 2.75) is 20.4 Å². The van der Waals surface area contributed by atoms with Crippen LogP contribution in [0.4, 0.5) is 5.82 Å². The van der Waals surface area contributed by atoms with Gasteiger partial charge >= 0.3 is 0 Å². The zero-order valence-electron chi connectivity index (χ0n) is 9.74. The molecule has 0 aromatic carbocycles. The van der Waals surface area contributed by atoms with E-state index in [1.807, 2.05) is 32.2 Å². The van der Waals surface area contributed by atoms with Crippen LogP contribution in [0, 0.1) is 13.8 Å². The van der Waals surface area contributed by atoms with Gasteiger partial charge in [-0.15, -0.1) is 10.2 Å². The van der Waals surface area contributed by atoms with Crippen LogP contribution < -0.4 is 5.32 Å². The van der Waals surface area contributed by atoms with Crippen molar-refractivity contribution in [2.24, 2.45) is 0 Å². The Bertz CT molecular complexity index is 513. The Kier molecular flexibility index (Phi) is 3.54. The van der Waals surface area contributed by atoms with E-state index >= 15 is 0 Å². The lowest BCUT2D eigenvalue weighted by Crippen LogP contribution is -2.06. The molecular formula is C12H13ClN4. The van der Waals surface area contributed by atoms with E-state index in [1.54, 1.807) is 6.20 Å². The van der Waals surface area contributed by atoms with Crippen LogP contribution >= 0.6 is 11.6 Å². The highest BCUT2D eigenvalue weighted by Gasteiger charge is 2.07. The second-order valence-electron chi connectivity index (χ2n) is 3.80. The van der Waals surface area contributed by atoms with Crippen LogP contribution in [-0.4, -0.2) is 15.2 Å². The predicted molar refractivity (Wildman–Crippen MR) is 68.1 cm³/mol. The highest BCUT2D eigenvalue weighted by Crippen LogP contribution is 2.20. The molecule has 0 aliphatic heterocycles. The lowest BCUT2D eigenvalue weighted by Gasteiger charge is -2.10. The van der Waals surface area contributed by atoms with Crippen LogP contribution in [0.25, 0.3) is 0 Å². The van der Waals surface area contributed by atoms with E-state index in [0.717, 1.165) is 22.5 Å². The van der Waals surface area contributed by atoms with Crippen molar-refractivity contribution >= 4 is 17.4 Å². The molecule has 0 unspecified atom stereocenters. The number of nitrogens with one attached hydrogen (secondary N) is 1. The topological polar surface area (TPSA) is 50.7 Å². The largest absolute Gasteiger partial charge is 0.364 e. The molecule has 88 valence electrons. The van der Waals surface area contributed by atoms with E-state index in [0.29, 0.717) is 11.7 Å². The second kappa shape index (κ2) is 5.10. The van der Waals surface area contributed by atoms with Crippen LogP contribution in [-0.2, 0) is 6.54 Å². The number of aromatic nitrogens is 3. The van der Waals surface area contributed by atoms with Gasteiger partial charge in [0.1, 0.15) is 0 Å². The quantitative estimate of drug-likeness (QED) is 0.908. The molecule has 4 nitrogen and oxygen atoms in total. The van der Waals surface area contributed by atoms with Gasteiger partial charge < -0.3 is 5.32 Å². The summed E-state index contributed by atoms with van der Waals surface area (Å²) in [5, 5.41) is 11.6. The molecule has 0 fully saturated rings. The maximum atomic E-state index is 5.89. The molecule has 5 heteroatoms. The zero-order valence-corrected chi connectivity index (χ0v) is 10.5. The van der Waals surface area contributed by atoms with Gasteiger partial charge in [0.2, 0.25) is 0 Å². The number of hydrogen-bond acceptors (Lipinski definition) is 4. The van der Waals surface area contributed by atoms with Crippen LogP contribution in [0.3, 0.4) is 0 Å². The van der Waals surface area contributed by atoms with Crippen molar-refractivity contribution in [1.29, 1.82) is 0 Å². The average molecular weight is 249 g/mol. The summed E-state index contributed by atoms with van der Waals surface area (Å²) < 4.78 is 0. The fourth-order valence-electron chi connectivity index (χ4n) is 1.43. The summed E-state index contributed by atoms with van der Waals surface area (Å²) in [6.07, 6.45) is 3.57. The average Bonchev–Trinajstić information content (AvgIpc) is 2.36. The van der Waals surface area contributed by atoms with Gasteiger partial charge in [-0.05, 0) is 36.6 Å². The van der Waals surface area contributed by atoms with Gasteiger partial charge in [0.15, 0.2) is 11.0 Å². The van der Waals surface area contributed by atoms with E-state index in [9.17, 15) is 0 Å². The van der Waals surface area contributed by atoms with Crippen LogP contribution in [0.5, 0.6) is 0 Å². The van der Waals surface area contributed by atoms with Crippen LogP contribution in [0.2, 0.25) is 5.15 Å². The third-order valence-corrected chi connectivity index (χ3v) is 3.01. The van der Waals surface area contributed by atoms with Crippen molar-refractivity contribution in [3.63, 3.8) is 0 Å². The molecule has 2 aromatic heterocycles. The van der Waals surface area contributed by atoms with Gasteiger partial charge in [-0.3, -0.25) is 4.98 Å². The highest BCUT2D eigenvalue weighted by atomic mass is 35.5. The molecule has 0 atom stereocenters. The SMILES string of the molecule is Cc1c(Cl)nnc(NCc2cccnc2)c1C. The van der Waals surface area contributed by atoms with E-state index in [-0.39, 0.29) is 0 Å². The number of pyridine rings is 1. The lowest BCUT2D eigenvalue weighted by atomic mass is 10.2. The van der Waals surface area contributed by atoms with Crippen molar-refractivity contribution in [2.75, 3.05) is 5.32 Å². The normalized spacial score (nSPS) is 10.3. The first kappa shape index (κ1) is 11.8. The summed E-state index contributed by atoms with van der Waals surface area (Å²) in [4.78, 5) is 4.05. The van der Waals surface area contributed by atoms with Gasteiger partial charge in [0.05, 0.1) is 0 Å². The number of nitrogens with zero attached hydrogens (tertiary/aromatic N) is 3. The fraction of sp³-hybridized carbons (Fsp3) is 0.250. The molecule has 0 bridgehead atoms. The monoisotopic (exact) mass is 248 g/mol. The zero-order chi connectivity index (χ0) is 12.3. The highest BCUT2D eigenvalue weighted by molar-refractivity contribution is 6.30. The second-order valence-corrected chi connectivity index (χ2v) is 4.16. The molecular weight excluding hydrogens is 236 g/mol. The molecule has 0 radical (unpaired) electrons. The Balaban J connectivity index is 2.13. The molecule has 0 saturated carbocycles. The summed E-state index contributed by atoms with van der Waals surface area (Å²) in [6.45, 7) is 4.58. The minimum atomic E-state index is 0.453. The Morgan fingerprint density at radius 3 is 2.76 bits per heavy atom. The van der Waals surface area contributed by atoms with Crippen LogP contribution in [0.1, 0.15) is 16.7 Å². The number of halogens is 1. The fourth-order valence-corrected chi connectivity index (χ4v) is 1.61.